The average Bonchev–Trinajstić information content (AvgIpc) is 2.26. The molecule has 1 heterocycles. The van der Waals surface area contributed by atoms with Crippen LogP contribution in [0.1, 0.15) is 20.7 Å². The summed E-state index contributed by atoms with van der Waals surface area (Å²) < 4.78 is 9.45. The third kappa shape index (κ3) is 2.33. The van der Waals surface area contributed by atoms with Crippen LogP contribution in [0.25, 0.3) is 0 Å². The molecule has 1 rings (SSSR count). The van der Waals surface area contributed by atoms with Gasteiger partial charge in [0.25, 0.3) is 0 Å². The minimum atomic E-state index is -0.635. The molecule has 5 nitrogen and oxygen atoms in total. The number of ether oxygens (including phenoxy) is 2. The normalized spacial score (nSPS) is 9.53. The Hall–Kier alpha value is -1.43. The Morgan fingerprint density at radius 3 is 2.33 bits per heavy atom. The van der Waals surface area contributed by atoms with Crippen molar-refractivity contribution in [1.29, 1.82) is 0 Å². The Bertz CT molecular complexity index is 405. The number of pyridine rings is 1. The van der Waals surface area contributed by atoms with Crippen molar-refractivity contribution >= 4 is 27.9 Å². The lowest BCUT2D eigenvalue weighted by atomic mass is 10.1. The lowest BCUT2D eigenvalue weighted by Crippen LogP contribution is -2.13. The van der Waals surface area contributed by atoms with Gasteiger partial charge in [0.05, 0.1) is 29.8 Å². The third-order valence-electron chi connectivity index (χ3n) is 1.69. The van der Waals surface area contributed by atoms with Gasteiger partial charge in [-0.15, -0.1) is 0 Å². The van der Waals surface area contributed by atoms with Crippen LogP contribution in [0, 0.1) is 0 Å². The second-order valence-electron chi connectivity index (χ2n) is 2.53. The molecule has 0 aromatic carbocycles. The zero-order valence-corrected chi connectivity index (χ0v) is 9.70. The Labute approximate surface area is 94.5 Å². The van der Waals surface area contributed by atoms with Crippen LogP contribution in [0.5, 0.6) is 0 Å². The number of aromatic nitrogens is 1. The largest absolute Gasteiger partial charge is 0.465 e. The molecule has 0 N–H and O–H groups in total. The van der Waals surface area contributed by atoms with Crippen LogP contribution in [-0.2, 0) is 9.47 Å². The molecule has 0 unspecified atom stereocenters. The van der Waals surface area contributed by atoms with E-state index < -0.39 is 11.9 Å². The number of methoxy groups -OCH3 is 2. The minimum Gasteiger partial charge on any atom is -0.465 e. The second kappa shape index (κ2) is 4.88. The van der Waals surface area contributed by atoms with Crippen molar-refractivity contribution in [3.63, 3.8) is 0 Å². The summed E-state index contributed by atoms with van der Waals surface area (Å²) >= 11 is 3.11. The molecule has 0 bridgehead atoms. The van der Waals surface area contributed by atoms with Gasteiger partial charge in [-0.3, -0.25) is 4.98 Å². The number of hydrogen-bond acceptors (Lipinski definition) is 5. The molecule has 0 aliphatic carbocycles. The van der Waals surface area contributed by atoms with Crippen molar-refractivity contribution in [3.8, 4) is 0 Å². The Morgan fingerprint density at radius 2 is 1.80 bits per heavy atom. The van der Waals surface area contributed by atoms with Gasteiger partial charge in [0, 0.05) is 12.4 Å². The fourth-order valence-electron chi connectivity index (χ4n) is 1.01. The highest BCUT2D eigenvalue weighted by Crippen LogP contribution is 2.20. The molecule has 0 fully saturated rings. The molecule has 0 aliphatic rings. The summed E-state index contributed by atoms with van der Waals surface area (Å²) in [5, 5.41) is 0. The molecule has 6 heteroatoms. The van der Waals surface area contributed by atoms with E-state index in [1.165, 1.54) is 26.6 Å². The summed E-state index contributed by atoms with van der Waals surface area (Å²) in [6.07, 6.45) is 2.65. The van der Waals surface area contributed by atoms with Crippen LogP contribution in [0.15, 0.2) is 16.9 Å². The van der Waals surface area contributed by atoms with Crippen LogP contribution in [0.3, 0.4) is 0 Å². The van der Waals surface area contributed by atoms with E-state index in [-0.39, 0.29) is 11.1 Å². The molecule has 0 aliphatic heterocycles. The summed E-state index contributed by atoms with van der Waals surface area (Å²) in [5.74, 6) is -1.26. The highest BCUT2D eigenvalue weighted by Gasteiger charge is 2.21. The number of hydrogen-bond donors (Lipinski definition) is 0. The van der Waals surface area contributed by atoms with Crippen molar-refractivity contribution in [2.45, 2.75) is 0 Å². The first-order valence-electron chi connectivity index (χ1n) is 3.92. The Kier molecular flexibility index (Phi) is 3.79. The van der Waals surface area contributed by atoms with Gasteiger partial charge in [-0.05, 0) is 15.9 Å². The molecular weight excluding hydrogens is 266 g/mol. The third-order valence-corrected chi connectivity index (χ3v) is 2.30. The first-order valence-corrected chi connectivity index (χ1v) is 4.71. The lowest BCUT2D eigenvalue weighted by molar-refractivity contribution is 0.0554. The van der Waals surface area contributed by atoms with Crippen LogP contribution in [0.2, 0.25) is 0 Å². The van der Waals surface area contributed by atoms with Gasteiger partial charge in [0.15, 0.2) is 0 Å². The van der Waals surface area contributed by atoms with Crippen LogP contribution in [-0.4, -0.2) is 31.1 Å². The fourth-order valence-corrected chi connectivity index (χ4v) is 1.50. The van der Waals surface area contributed by atoms with Gasteiger partial charge in [-0.1, -0.05) is 0 Å². The van der Waals surface area contributed by atoms with Crippen molar-refractivity contribution < 1.29 is 19.1 Å². The van der Waals surface area contributed by atoms with Crippen LogP contribution >= 0.6 is 15.9 Å². The van der Waals surface area contributed by atoms with Crippen molar-refractivity contribution in [1.82, 2.24) is 4.98 Å². The SMILES string of the molecule is COC(=O)c1cncc(Br)c1C(=O)OC. The van der Waals surface area contributed by atoms with E-state index in [2.05, 4.69) is 30.4 Å². The highest BCUT2D eigenvalue weighted by molar-refractivity contribution is 9.10. The zero-order chi connectivity index (χ0) is 11.4. The van der Waals surface area contributed by atoms with E-state index in [9.17, 15) is 9.59 Å². The molecule has 1 aromatic heterocycles. The van der Waals surface area contributed by atoms with E-state index >= 15 is 0 Å². The lowest BCUT2D eigenvalue weighted by Gasteiger charge is -2.06. The molecule has 0 saturated carbocycles. The number of esters is 2. The summed E-state index contributed by atoms with van der Waals surface area (Å²) in [6, 6.07) is 0. The fraction of sp³-hybridized carbons (Fsp3) is 0.222. The van der Waals surface area contributed by atoms with E-state index in [0.29, 0.717) is 4.47 Å². The topological polar surface area (TPSA) is 65.5 Å². The molecule has 1 aromatic rings. The summed E-state index contributed by atoms with van der Waals surface area (Å²) in [4.78, 5) is 26.5. The highest BCUT2D eigenvalue weighted by atomic mass is 79.9. The van der Waals surface area contributed by atoms with Crippen molar-refractivity contribution in [2.75, 3.05) is 14.2 Å². The number of carbonyl (C=O) groups excluding carboxylic acids is 2. The van der Waals surface area contributed by atoms with E-state index in [0.717, 1.165) is 0 Å². The summed E-state index contributed by atoms with van der Waals surface area (Å²) in [6.45, 7) is 0. The van der Waals surface area contributed by atoms with Crippen LogP contribution in [0.4, 0.5) is 0 Å². The Balaban J connectivity index is 3.32. The zero-order valence-electron chi connectivity index (χ0n) is 8.11. The van der Waals surface area contributed by atoms with Crippen LogP contribution < -0.4 is 0 Å². The minimum absolute atomic E-state index is 0.0683. The van der Waals surface area contributed by atoms with Gasteiger partial charge in [0.2, 0.25) is 0 Å². The van der Waals surface area contributed by atoms with E-state index in [1.54, 1.807) is 0 Å². The van der Waals surface area contributed by atoms with E-state index in [1.807, 2.05) is 0 Å². The quantitative estimate of drug-likeness (QED) is 0.763. The average molecular weight is 274 g/mol. The molecule has 15 heavy (non-hydrogen) atoms. The molecule has 0 saturated heterocycles. The maximum Gasteiger partial charge on any atom is 0.340 e. The predicted octanol–water partition coefficient (Wildman–Crippen LogP) is 1.42. The number of nitrogens with zero attached hydrogens (tertiary/aromatic N) is 1. The van der Waals surface area contributed by atoms with Gasteiger partial charge in [-0.2, -0.15) is 0 Å². The molecule has 0 atom stereocenters. The first kappa shape index (κ1) is 11.6. The standard InChI is InChI=1S/C9H8BrNO4/c1-14-8(12)5-3-11-4-6(10)7(5)9(13)15-2/h3-4H,1-2H3. The van der Waals surface area contributed by atoms with Gasteiger partial charge < -0.3 is 9.47 Å². The summed E-state index contributed by atoms with van der Waals surface area (Å²) in [5.41, 5.74) is 0.179. The second-order valence-corrected chi connectivity index (χ2v) is 3.38. The van der Waals surface area contributed by atoms with Crippen molar-refractivity contribution in [3.05, 3.63) is 28.0 Å². The summed E-state index contributed by atoms with van der Waals surface area (Å²) in [7, 11) is 2.46. The molecule has 0 spiro atoms. The predicted molar refractivity (Wildman–Crippen MR) is 54.6 cm³/mol. The first-order chi connectivity index (χ1) is 7.11. The molecule has 0 radical (unpaired) electrons. The maximum absolute atomic E-state index is 11.4. The molecular formula is C9H8BrNO4. The molecule has 0 amide bonds. The monoisotopic (exact) mass is 273 g/mol. The number of carbonyl (C=O) groups is 2. The molecule has 80 valence electrons. The van der Waals surface area contributed by atoms with Gasteiger partial charge in [-0.25, -0.2) is 9.59 Å². The Morgan fingerprint density at radius 1 is 1.20 bits per heavy atom. The van der Waals surface area contributed by atoms with E-state index in [4.69, 9.17) is 0 Å². The maximum atomic E-state index is 11.4. The van der Waals surface area contributed by atoms with Gasteiger partial charge in [0.1, 0.15) is 0 Å². The van der Waals surface area contributed by atoms with Crippen molar-refractivity contribution in [2.24, 2.45) is 0 Å². The smallest absolute Gasteiger partial charge is 0.340 e. The van der Waals surface area contributed by atoms with Gasteiger partial charge >= 0.3 is 11.9 Å². The number of rotatable bonds is 2. The number of halogens is 1.